The van der Waals surface area contributed by atoms with Gasteiger partial charge in [0.15, 0.2) is 0 Å². The van der Waals surface area contributed by atoms with E-state index in [4.69, 9.17) is 16.3 Å². The molecule has 3 aromatic rings. The Bertz CT molecular complexity index is 1600. The summed E-state index contributed by atoms with van der Waals surface area (Å²) in [5, 5.41) is 3.46. The monoisotopic (exact) mass is 669 g/mol. The van der Waals surface area contributed by atoms with Gasteiger partial charge in [-0.1, -0.05) is 66.2 Å². The van der Waals surface area contributed by atoms with E-state index < -0.39 is 41.4 Å². The van der Waals surface area contributed by atoms with Crippen molar-refractivity contribution >= 4 is 29.5 Å². The van der Waals surface area contributed by atoms with Gasteiger partial charge in [-0.05, 0) is 80.0 Å². The molecule has 2 aliphatic rings. The Morgan fingerprint density at radius 3 is 2.17 bits per heavy atom. The van der Waals surface area contributed by atoms with Gasteiger partial charge >= 0.3 is 12.3 Å². The van der Waals surface area contributed by atoms with Crippen LogP contribution in [-0.4, -0.2) is 58.5 Å². The number of hydrogen-bond acceptors (Lipinski definition) is 4. The number of piperidine rings is 1. The molecular formula is C36H39ClF3N3O4. The topological polar surface area (TPSA) is 79.0 Å². The van der Waals surface area contributed by atoms with Crippen LogP contribution in [0.15, 0.2) is 72.8 Å². The Morgan fingerprint density at radius 2 is 1.53 bits per heavy atom. The fourth-order valence-electron chi connectivity index (χ4n) is 6.34. The van der Waals surface area contributed by atoms with Crippen LogP contribution in [0.5, 0.6) is 0 Å². The summed E-state index contributed by atoms with van der Waals surface area (Å²) in [7, 11) is 0. The molecule has 0 saturated carbocycles. The third-order valence-corrected chi connectivity index (χ3v) is 8.91. The molecule has 0 aromatic heterocycles. The van der Waals surface area contributed by atoms with E-state index in [9.17, 15) is 27.6 Å². The van der Waals surface area contributed by atoms with Crippen molar-refractivity contribution in [1.29, 1.82) is 0 Å². The van der Waals surface area contributed by atoms with Gasteiger partial charge in [0.2, 0.25) is 11.8 Å². The lowest BCUT2D eigenvalue weighted by Crippen LogP contribution is -2.58. The Hall–Kier alpha value is -4.05. The minimum Gasteiger partial charge on any atom is -0.444 e. The highest BCUT2D eigenvalue weighted by molar-refractivity contribution is 6.30. The average molecular weight is 670 g/mol. The number of amides is 3. The molecule has 250 valence electrons. The molecule has 47 heavy (non-hydrogen) atoms. The molecule has 0 bridgehead atoms. The molecule has 2 aliphatic heterocycles. The van der Waals surface area contributed by atoms with Crippen molar-refractivity contribution in [2.24, 2.45) is 0 Å². The number of rotatable bonds is 6. The molecule has 5 rings (SSSR count). The Labute approximate surface area is 278 Å². The van der Waals surface area contributed by atoms with Crippen LogP contribution in [0.2, 0.25) is 5.02 Å². The second kappa shape index (κ2) is 14.0. The van der Waals surface area contributed by atoms with Crippen LogP contribution in [0.25, 0.3) is 0 Å². The number of benzene rings is 3. The highest BCUT2D eigenvalue weighted by Gasteiger charge is 2.40. The van der Waals surface area contributed by atoms with E-state index in [-0.39, 0.29) is 49.9 Å². The number of nitrogens with one attached hydrogen (secondary N) is 1. The van der Waals surface area contributed by atoms with Gasteiger partial charge in [-0.2, -0.15) is 13.2 Å². The predicted molar refractivity (Wildman–Crippen MR) is 173 cm³/mol. The van der Waals surface area contributed by atoms with Crippen LogP contribution in [0.4, 0.5) is 18.0 Å². The van der Waals surface area contributed by atoms with Crippen molar-refractivity contribution in [2.75, 3.05) is 13.1 Å². The molecule has 11 heteroatoms. The second-order valence-corrected chi connectivity index (χ2v) is 13.6. The van der Waals surface area contributed by atoms with Crippen LogP contribution in [0, 0.1) is 0 Å². The maximum Gasteiger partial charge on any atom is 0.416 e. The number of nitrogens with zero attached hydrogens (tertiary/aromatic N) is 2. The van der Waals surface area contributed by atoms with Crippen molar-refractivity contribution in [2.45, 2.75) is 82.8 Å². The fourth-order valence-corrected chi connectivity index (χ4v) is 6.46. The summed E-state index contributed by atoms with van der Waals surface area (Å²) in [5.74, 6) is -1.19. The first kappa shape index (κ1) is 34.3. The normalized spacial score (nSPS) is 17.9. The average Bonchev–Trinajstić information content (AvgIpc) is 3.03. The minimum atomic E-state index is -4.47. The van der Waals surface area contributed by atoms with Crippen molar-refractivity contribution in [3.8, 4) is 0 Å². The first-order valence-electron chi connectivity index (χ1n) is 15.8. The summed E-state index contributed by atoms with van der Waals surface area (Å²) in [5.41, 5.74) is 1.40. The quantitative estimate of drug-likeness (QED) is 0.302. The van der Waals surface area contributed by atoms with Gasteiger partial charge in [-0.25, -0.2) is 4.79 Å². The fraction of sp³-hybridized carbons (Fsp3) is 0.417. The molecule has 1 fully saturated rings. The van der Waals surface area contributed by atoms with Gasteiger partial charge < -0.3 is 15.0 Å². The highest BCUT2D eigenvalue weighted by Crippen LogP contribution is 2.39. The van der Waals surface area contributed by atoms with E-state index >= 15 is 0 Å². The Balaban J connectivity index is 1.36. The van der Waals surface area contributed by atoms with Crippen LogP contribution >= 0.6 is 11.6 Å². The number of carbonyl (C=O) groups is 3. The van der Waals surface area contributed by atoms with E-state index in [1.165, 1.54) is 17.0 Å². The molecule has 3 aromatic carbocycles. The van der Waals surface area contributed by atoms with E-state index in [2.05, 4.69) is 5.32 Å². The van der Waals surface area contributed by atoms with E-state index in [0.717, 1.165) is 22.8 Å². The standard InChI is InChI=1S/C36H39ClF3N3O4/c1-35(2,3)47-34(46)43-22-26-9-5-4-8-25(26)21-31(43)32(44)41-30(20-23-12-14-27(37)15-13-23)33(45)42-18-16-24(17-19-42)28-10-6-7-11-29(28)36(38,39)40/h4-15,24,30-31H,16-22H2,1-3H3,(H,41,44). The van der Waals surface area contributed by atoms with E-state index in [1.807, 2.05) is 24.3 Å². The maximum atomic E-state index is 14.1. The zero-order valence-electron chi connectivity index (χ0n) is 26.6. The smallest absolute Gasteiger partial charge is 0.416 e. The third kappa shape index (κ3) is 8.46. The maximum absolute atomic E-state index is 14.1. The predicted octanol–water partition coefficient (Wildman–Crippen LogP) is 7.15. The van der Waals surface area contributed by atoms with Crippen LogP contribution in [0.3, 0.4) is 0 Å². The molecule has 0 radical (unpaired) electrons. The van der Waals surface area contributed by atoms with Crippen molar-refractivity contribution in [1.82, 2.24) is 15.1 Å². The van der Waals surface area contributed by atoms with Gasteiger partial charge in [0.25, 0.3) is 0 Å². The van der Waals surface area contributed by atoms with Gasteiger partial charge in [-0.15, -0.1) is 0 Å². The number of carbonyl (C=O) groups excluding carboxylic acids is 3. The Kier molecular flexibility index (Phi) is 10.2. The first-order chi connectivity index (χ1) is 22.2. The molecular weight excluding hydrogens is 631 g/mol. The van der Waals surface area contributed by atoms with E-state index in [0.29, 0.717) is 17.9 Å². The molecule has 7 nitrogen and oxygen atoms in total. The lowest BCUT2D eigenvalue weighted by Gasteiger charge is -2.38. The Morgan fingerprint density at radius 1 is 0.915 bits per heavy atom. The van der Waals surface area contributed by atoms with Gasteiger partial charge in [0, 0.05) is 31.0 Å². The summed E-state index contributed by atoms with van der Waals surface area (Å²) in [6.45, 7) is 5.91. The summed E-state index contributed by atoms with van der Waals surface area (Å²) < 4.78 is 46.8. The molecule has 2 atom stereocenters. The SMILES string of the molecule is CC(C)(C)OC(=O)N1Cc2ccccc2CC1C(=O)NC(Cc1ccc(Cl)cc1)C(=O)N1CCC(c2ccccc2C(F)(F)F)CC1. The van der Waals surface area contributed by atoms with Gasteiger partial charge in [0.05, 0.1) is 12.1 Å². The zero-order chi connectivity index (χ0) is 33.9. The number of likely N-dealkylation sites (tertiary alicyclic amines) is 1. The number of fused-ring (bicyclic) bond motifs is 1. The van der Waals surface area contributed by atoms with Crippen molar-refractivity contribution in [3.63, 3.8) is 0 Å². The van der Waals surface area contributed by atoms with Crippen molar-refractivity contribution < 1.29 is 32.3 Å². The minimum absolute atomic E-state index is 0.161. The van der Waals surface area contributed by atoms with Gasteiger partial charge in [0.1, 0.15) is 17.7 Å². The molecule has 2 unspecified atom stereocenters. The summed E-state index contributed by atoms with van der Waals surface area (Å²) in [4.78, 5) is 44.4. The summed E-state index contributed by atoms with van der Waals surface area (Å²) >= 11 is 6.09. The number of alkyl halides is 3. The first-order valence-corrected chi connectivity index (χ1v) is 16.1. The van der Waals surface area contributed by atoms with Crippen LogP contribution in [0.1, 0.15) is 67.3 Å². The summed E-state index contributed by atoms with van der Waals surface area (Å²) in [6.07, 6.45) is -3.99. The lowest BCUT2D eigenvalue weighted by molar-refractivity contribution is -0.140. The number of halogens is 4. The number of hydrogen-bond donors (Lipinski definition) is 1. The molecule has 1 saturated heterocycles. The largest absolute Gasteiger partial charge is 0.444 e. The van der Waals surface area contributed by atoms with Crippen LogP contribution in [-0.2, 0) is 39.9 Å². The van der Waals surface area contributed by atoms with Crippen molar-refractivity contribution in [3.05, 3.63) is 106 Å². The number of ether oxygens (including phenoxy) is 1. The third-order valence-electron chi connectivity index (χ3n) is 8.66. The van der Waals surface area contributed by atoms with E-state index in [1.54, 1.807) is 56.0 Å². The molecule has 3 amide bonds. The highest BCUT2D eigenvalue weighted by atomic mass is 35.5. The lowest BCUT2D eigenvalue weighted by atomic mass is 9.86. The molecule has 2 heterocycles. The zero-order valence-corrected chi connectivity index (χ0v) is 27.4. The molecule has 0 aliphatic carbocycles. The molecule has 0 spiro atoms. The summed E-state index contributed by atoms with van der Waals surface area (Å²) in [6, 6.07) is 18.2. The second-order valence-electron chi connectivity index (χ2n) is 13.2. The van der Waals surface area contributed by atoms with Crippen LogP contribution < -0.4 is 5.32 Å². The van der Waals surface area contributed by atoms with Gasteiger partial charge in [-0.3, -0.25) is 14.5 Å². The molecule has 1 N–H and O–H groups in total.